The number of fused-ring (bicyclic) bond motifs is 7. The Hall–Kier alpha value is -5.25. The number of benzene rings is 5. The molecule has 3 aromatic heterocycles. The topological polar surface area (TPSA) is 30.7 Å². The first-order valence-corrected chi connectivity index (χ1v) is 14.9. The minimum atomic E-state index is -0.00418. The molecule has 0 fully saturated rings. The normalized spacial score (nSPS) is 13.9. The Labute approximate surface area is 253 Å². The molecule has 1 atom stereocenters. The number of nitrogens with zero attached hydrogens (tertiary/aromatic N) is 3. The molecule has 0 bridgehead atoms. The third kappa shape index (κ3) is 3.68. The molecule has 0 saturated heterocycles. The average molecular weight is 570 g/mol. The number of aromatic nitrogens is 3. The van der Waals surface area contributed by atoms with Crippen LogP contribution in [0, 0.1) is 0 Å². The molecule has 0 N–H and O–H groups in total. The van der Waals surface area contributed by atoms with Crippen LogP contribution in [0.2, 0.25) is 5.02 Å². The predicted molar refractivity (Wildman–Crippen MR) is 177 cm³/mol. The summed E-state index contributed by atoms with van der Waals surface area (Å²) in [6.07, 6.45) is 1.77. The van der Waals surface area contributed by atoms with E-state index >= 15 is 0 Å². The highest BCUT2D eigenvalue weighted by atomic mass is 35.5. The highest BCUT2D eigenvalue weighted by Crippen LogP contribution is 2.49. The third-order valence-electron chi connectivity index (χ3n) is 8.80. The molecule has 43 heavy (non-hydrogen) atoms. The molecule has 202 valence electrons. The molecule has 3 heterocycles. The molecule has 0 aliphatic heterocycles. The van der Waals surface area contributed by atoms with Crippen molar-refractivity contribution in [2.24, 2.45) is 0 Å². The lowest BCUT2D eigenvalue weighted by atomic mass is 9.91. The number of halogens is 1. The van der Waals surface area contributed by atoms with Gasteiger partial charge in [-0.15, -0.1) is 0 Å². The van der Waals surface area contributed by atoms with Crippen LogP contribution in [0.15, 0.2) is 140 Å². The molecule has 5 aromatic carbocycles. The number of hydrogen-bond acceptors (Lipinski definition) is 2. The van der Waals surface area contributed by atoms with E-state index < -0.39 is 0 Å². The standard InChI is InChI=1S/C39H24ClN3/c40-34-23-35(42-39-31(34)14-8-20-41-39)38-29-13-5-4-11-27(29)32-21-24(16-18-30(32)38)25-17-19-37-33(22-25)28-12-6-7-15-36(28)43(37)26-9-2-1-3-10-26/h1-23,38H. The van der Waals surface area contributed by atoms with E-state index in [1.54, 1.807) is 6.20 Å². The molecule has 0 spiro atoms. The van der Waals surface area contributed by atoms with Crippen molar-refractivity contribution >= 4 is 44.4 Å². The van der Waals surface area contributed by atoms with Gasteiger partial charge in [-0.1, -0.05) is 90.5 Å². The van der Waals surface area contributed by atoms with Crippen LogP contribution in [0.25, 0.3) is 60.8 Å². The smallest absolute Gasteiger partial charge is 0.160 e. The van der Waals surface area contributed by atoms with Gasteiger partial charge in [0.2, 0.25) is 0 Å². The van der Waals surface area contributed by atoms with Gasteiger partial charge in [-0.05, 0) is 88.0 Å². The molecule has 0 radical (unpaired) electrons. The van der Waals surface area contributed by atoms with Crippen LogP contribution in [0.1, 0.15) is 22.7 Å². The first-order valence-electron chi connectivity index (χ1n) is 14.5. The van der Waals surface area contributed by atoms with Crippen LogP contribution in [-0.2, 0) is 0 Å². The zero-order chi connectivity index (χ0) is 28.5. The van der Waals surface area contributed by atoms with Gasteiger partial charge in [-0.25, -0.2) is 9.97 Å². The number of rotatable bonds is 3. The molecular weight excluding hydrogens is 546 g/mol. The average Bonchev–Trinajstić information content (AvgIpc) is 3.57. The molecule has 0 amide bonds. The van der Waals surface area contributed by atoms with E-state index in [0.717, 1.165) is 11.1 Å². The Morgan fingerprint density at radius 2 is 1.28 bits per heavy atom. The maximum absolute atomic E-state index is 6.75. The number of pyridine rings is 2. The van der Waals surface area contributed by atoms with Crippen molar-refractivity contribution in [3.05, 3.63) is 162 Å². The minimum Gasteiger partial charge on any atom is -0.309 e. The minimum absolute atomic E-state index is 0.00418. The van der Waals surface area contributed by atoms with Gasteiger partial charge in [0, 0.05) is 28.0 Å². The van der Waals surface area contributed by atoms with Crippen molar-refractivity contribution in [1.82, 2.24) is 14.5 Å². The SMILES string of the molecule is Clc1cc(C2c3ccccc3-c3cc(-c4ccc5c(c4)c4ccccc4n5-c4ccccc4)ccc32)nc2ncccc12. The van der Waals surface area contributed by atoms with Crippen molar-refractivity contribution in [2.75, 3.05) is 0 Å². The lowest BCUT2D eigenvalue weighted by molar-refractivity contribution is 0.954. The summed E-state index contributed by atoms with van der Waals surface area (Å²) in [6.45, 7) is 0. The number of hydrogen-bond donors (Lipinski definition) is 0. The molecule has 1 aliphatic carbocycles. The molecule has 1 unspecified atom stereocenters. The molecule has 1 aliphatic rings. The number of para-hydroxylation sites is 2. The Kier molecular flexibility index (Phi) is 5.32. The Balaban J connectivity index is 1.21. The van der Waals surface area contributed by atoms with Gasteiger partial charge >= 0.3 is 0 Å². The van der Waals surface area contributed by atoms with E-state index in [0.29, 0.717) is 10.7 Å². The van der Waals surface area contributed by atoms with E-state index in [9.17, 15) is 0 Å². The Morgan fingerprint density at radius 3 is 2.21 bits per heavy atom. The zero-order valence-electron chi connectivity index (χ0n) is 23.1. The van der Waals surface area contributed by atoms with Crippen molar-refractivity contribution in [2.45, 2.75) is 5.92 Å². The summed E-state index contributed by atoms with van der Waals surface area (Å²) in [4.78, 5) is 9.50. The maximum atomic E-state index is 6.75. The van der Waals surface area contributed by atoms with Gasteiger partial charge in [0.15, 0.2) is 5.65 Å². The second kappa shape index (κ2) is 9.38. The van der Waals surface area contributed by atoms with E-state index in [1.807, 2.05) is 18.2 Å². The van der Waals surface area contributed by atoms with Crippen molar-refractivity contribution in [1.29, 1.82) is 0 Å². The maximum Gasteiger partial charge on any atom is 0.160 e. The molecule has 4 heteroatoms. The van der Waals surface area contributed by atoms with Crippen LogP contribution < -0.4 is 0 Å². The Morgan fingerprint density at radius 1 is 0.558 bits per heavy atom. The summed E-state index contributed by atoms with van der Waals surface area (Å²) in [5.41, 5.74) is 12.5. The zero-order valence-corrected chi connectivity index (χ0v) is 23.8. The highest BCUT2D eigenvalue weighted by Gasteiger charge is 2.31. The van der Waals surface area contributed by atoms with Gasteiger partial charge < -0.3 is 4.57 Å². The van der Waals surface area contributed by atoms with Crippen molar-refractivity contribution in [3.63, 3.8) is 0 Å². The summed E-state index contributed by atoms with van der Waals surface area (Å²) in [7, 11) is 0. The quantitative estimate of drug-likeness (QED) is 0.212. The lowest BCUT2D eigenvalue weighted by Gasteiger charge is -2.15. The highest BCUT2D eigenvalue weighted by molar-refractivity contribution is 6.35. The third-order valence-corrected chi connectivity index (χ3v) is 9.11. The predicted octanol–water partition coefficient (Wildman–Crippen LogP) is 10.2. The van der Waals surface area contributed by atoms with E-state index in [-0.39, 0.29) is 5.92 Å². The van der Waals surface area contributed by atoms with Gasteiger partial charge in [-0.3, -0.25) is 0 Å². The molecule has 9 rings (SSSR count). The monoisotopic (exact) mass is 569 g/mol. The first-order chi connectivity index (χ1) is 21.2. The van der Waals surface area contributed by atoms with Gasteiger partial charge in [0.1, 0.15) is 0 Å². The van der Waals surface area contributed by atoms with E-state index in [4.69, 9.17) is 16.6 Å². The molecule has 3 nitrogen and oxygen atoms in total. The van der Waals surface area contributed by atoms with E-state index in [2.05, 4.69) is 125 Å². The van der Waals surface area contributed by atoms with Crippen molar-refractivity contribution in [3.8, 4) is 27.9 Å². The molecule has 8 aromatic rings. The van der Waals surface area contributed by atoms with Crippen LogP contribution in [0.3, 0.4) is 0 Å². The fourth-order valence-corrected chi connectivity index (χ4v) is 7.15. The summed E-state index contributed by atoms with van der Waals surface area (Å²) in [6, 6.07) is 47.5. The van der Waals surface area contributed by atoms with Crippen LogP contribution in [-0.4, -0.2) is 14.5 Å². The largest absolute Gasteiger partial charge is 0.309 e. The van der Waals surface area contributed by atoms with Gasteiger partial charge in [-0.2, -0.15) is 0 Å². The lowest BCUT2D eigenvalue weighted by Crippen LogP contribution is -2.03. The summed E-state index contributed by atoms with van der Waals surface area (Å²) >= 11 is 6.75. The van der Waals surface area contributed by atoms with Gasteiger partial charge in [0.25, 0.3) is 0 Å². The fraction of sp³-hybridized carbons (Fsp3) is 0.0256. The van der Waals surface area contributed by atoms with Crippen molar-refractivity contribution < 1.29 is 0 Å². The summed E-state index contributed by atoms with van der Waals surface area (Å²) in [5, 5.41) is 4.05. The molecule has 0 saturated carbocycles. The van der Waals surface area contributed by atoms with E-state index in [1.165, 1.54) is 60.9 Å². The fourth-order valence-electron chi connectivity index (χ4n) is 6.89. The van der Waals surface area contributed by atoms with Gasteiger partial charge in [0.05, 0.1) is 27.7 Å². The molecular formula is C39H24ClN3. The van der Waals surface area contributed by atoms with Crippen LogP contribution in [0.4, 0.5) is 0 Å². The second-order valence-electron chi connectivity index (χ2n) is 11.1. The summed E-state index contributed by atoms with van der Waals surface area (Å²) < 4.78 is 2.36. The van der Waals surface area contributed by atoms with Crippen LogP contribution >= 0.6 is 11.6 Å². The Bertz CT molecular complexity index is 2370. The summed E-state index contributed by atoms with van der Waals surface area (Å²) in [5.74, 6) is -0.00418. The first kappa shape index (κ1) is 24.4. The van der Waals surface area contributed by atoms with Crippen LogP contribution in [0.5, 0.6) is 0 Å². The second-order valence-corrected chi connectivity index (χ2v) is 11.6.